The number of hydrogen-bond donors (Lipinski definition) is 1. The number of halogens is 1. The minimum Gasteiger partial charge on any atom is -0.478 e. The zero-order valence-electron chi connectivity index (χ0n) is 10.2. The maximum atomic E-state index is 12.6. The van der Waals surface area contributed by atoms with Gasteiger partial charge in [-0.3, -0.25) is 0 Å². The summed E-state index contributed by atoms with van der Waals surface area (Å²) in [6.07, 6.45) is 4.65. The molecule has 0 spiro atoms. The molecule has 3 nitrogen and oxygen atoms in total. The average Bonchev–Trinajstić information content (AvgIpc) is 2.34. The van der Waals surface area contributed by atoms with Crippen LogP contribution >= 0.6 is 0 Å². The zero-order valence-corrected chi connectivity index (χ0v) is 10.2. The van der Waals surface area contributed by atoms with Crippen LogP contribution in [0.25, 0.3) is 0 Å². The first-order valence-corrected chi connectivity index (χ1v) is 6.22. The lowest BCUT2D eigenvalue weighted by molar-refractivity contribution is 0.244. The molecule has 2 rings (SSSR count). The lowest BCUT2D eigenvalue weighted by Gasteiger charge is -2.27. The highest BCUT2D eigenvalue weighted by molar-refractivity contribution is 5.10. The molecular formula is C13H19FN2O. The molecular weight excluding hydrogens is 219 g/mol. The molecule has 0 radical (unpaired) electrons. The molecule has 17 heavy (non-hydrogen) atoms. The summed E-state index contributed by atoms with van der Waals surface area (Å²) in [6, 6.07) is 3.47. The number of ether oxygens (including phenoxy) is 1. The summed E-state index contributed by atoms with van der Waals surface area (Å²) in [7, 11) is 0. The molecule has 0 saturated carbocycles. The maximum Gasteiger partial charge on any atom is 0.213 e. The van der Waals surface area contributed by atoms with Crippen molar-refractivity contribution in [3.05, 3.63) is 24.1 Å². The van der Waals surface area contributed by atoms with Crippen molar-refractivity contribution < 1.29 is 9.13 Å². The predicted octanol–water partition coefficient (Wildman–Crippen LogP) is 2.38. The molecule has 4 heteroatoms. The van der Waals surface area contributed by atoms with Gasteiger partial charge in [-0.25, -0.2) is 9.37 Å². The Hall–Kier alpha value is -1.16. The van der Waals surface area contributed by atoms with Gasteiger partial charge in [0, 0.05) is 12.1 Å². The Labute approximate surface area is 101 Å². The topological polar surface area (TPSA) is 34.1 Å². The molecule has 1 aromatic heterocycles. The first-order chi connectivity index (χ1) is 8.24. The number of nitrogens with one attached hydrogen (secondary N) is 1. The summed E-state index contributed by atoms with van der Waals surface area (Å²) < 4.78 is 18.1. The Kier molecular flexibility index (Phi) is 4.31. The summed E-state index contributed by atoms with van der Waals surface area (Å²) in [6.45, 7) is 3.99. The Bertz CT molecular complexity index is 334. The van der Waals surface area contributed by atoms with E-state index in [1.807, 2.05) is 0 Å². The third-order valence-electron chi connectivity index (χ3n) is 3.18. The Morgan fingerprint density at radius 3 is 3.00 bits per heavy atom. The number of rotatable bonds is 4. The van der Waals surface area contributed by atoms with E-state index in [1.165, 1.54) is 25.1 Å². The van der Waals surface area contributed by atoms with E-state index in [4.69, 9.17) is 4.74 Å². The van der Waals surface area contributed by atoms with Gasteiger partial charge in [-0.05, 0) is 37.8 Å². The fraction of sp³-hybridized carbons (Fsp3) is 0.615. The van der Waals surface area contributed by atoms with Crippen LogP contribution in [-0.4, -0.2) is 24.2 Å². The summed E-state index contributed by atoms with van der Waals surface area (Å²) in [5.41, 5.74) is 0. The predicted molar refractivity (Wildman–Crippen MR) is 64.5 cm³/mol. The fourth-order valence-corrected chi connectivity index (χ4v) is 2.06. The molecule has 2 atom stereocenters. The third-order valence-corrected chi connectivity index (χ3v) is 3.18. The van der Waals surface area contributed by atoms with Crippen LogP contribution in [0, 0.1) is 11.7 Å². The second-order valence-corrected chi connectivity index (χ2v) is 4.74. The van der Waals surface area contributed by atoms with E-state index in [-0.39, 0.29) is 5.82 Å². The number of aromatic nitrogens is 1. The number of nitrogens with zero attached hydrogens (tertiary/aromatic N) is 1. The van der Waals surface area contributed by atoms with E-state index >= 15 is 0 Å². The van der Waals surface area contributed by atoms with Crippen LogP contribution in [0.5, 0.6) is 5.88 Å². The molecule has 94 valence electrons. The van der Waals surface area contributed by atoms with Crippen LogP contribution in [-0.2, 0) is 0 Å². The normalized spacial score (nSPS) is 24.6. The van der Waals surface area contributed by atoms with Crippen molar-refractivity contribution in [3.8, 4) is 5.88 Å². The molecule has 1 fully saturated rings. The molecule has 0 amide bonds. The van der Waals surface area contributed by atoms with Gasteiger partial charge in [0.25, 0.3) is 0 Å². The molecule has 0 bridgehead atoms. The van der Waals surface area contributed by atoms with Crippen LogP contribution in [0.4, 0.5) is 4.39 Å². The van der Waals surface area contributed by atoms with Crippen LogP contribution in [0.15, 0.2) is 18.3 Å². The van der Waals surface area contributed by atoms with Crippen LogP contribution in [0.1, 0.15) is 26.2 Å². The first-order valence-electron chi connectivity index (χ1n) is 6.22. The largest absolute Gasteiger partial charge is 0.478 e. The van der Waals surface area contributed by atoms with Crippen LogP contribution < -0.4 is 10.1 Å². The zero-order chi connectivity index (χ0) is 12.1. The van der Waals surface area contributed by atoms with Crippen molar-refractivity contribution in [2.45, 2.75) is 32.2 Å². The van der Waals surface area contributed by atoms with E-state index in [9.17, 15) is 4.39 Å². The number of piperidine rings is 1. The number of hydrogen-bond acceptors (Lipinski definition) is 3. The third kappa shape index (κ3) is 3.97. The van der Waals surface area contributed by atoms with E-state index in [2.05, 4.69) is 17.2 Å². The highest BCUT2D eigenvalue weighted by Gasteiger charge is 2.16. The van der Waals surface area contributed by atoms with E-state index in [0.717, 1.165) is 18.9 Å². The summed E-state index contributed by atoms with van der Waals surface area (Å²) in [5.74, 6) is 0.946. The molecule has 1 aromatic rings. The van der Waals surface area contributed by atoms with Gasteiger partial charge in [-0.2, -0.15) is 0 Å². The highest BCUT2D eigenvalue weighted by atomic mass is 19.1. The van der Waals surface area contributed by atoms with Gasteiger partial charge in [0.15, 0.2) is 0 Å². The minimum atomic E-state index is -0.333. The molecule has 1 saturated heterocycles. The molecule has 0 aliphatic carbocycles. The molecule has 0 aromatic carbocycles. The standard InChI is InChI=1S/C13H19FN2O/c1-10-2-4-12(15-8-10)6-7-17-13-5-3-11(14)9-16-13/h3,5,9-10,12,15H,2,4,6-8H2,1H3/t10-,12-/m0/s1. The maximum absolute atomic E-state index is 12.6. The van der Waals surface area contributed by atoms with Gasteiger partial charge in [0.1, 0.15) is 5.82 Å². The monoisotopic (exact) mass is 238 g/mol. The van der Waals surface area contributed by atoms with Crippen molar-refractivity contribution in [1.29, 1.82) is 0 Å². The Morgan fingerprint density at radius 1 is 1.47 bits per heavy atom. The van der Waals surface area contributed by atoms with Crippen molar-refractivity contribution in [2.24, 2.45) is 5.92 Å². The Balaban J connectivity index is 1.67. The molecule has 1 N–H and O–H groups in total. The number of pyridine rings is 1. The van der Waals surface area contributed by atoms with Crippen molar-refractivity contribution in [2.75, 3.05) is 13.2 Å². The summed E-state index contributed by atoms with van der Waals surface area (Å²) in [5, 5.41) is 3.50. The smallest absolute Gasteiger partial charge is 0.213 e. The van der Waals surface area contributed by atoms with Crippen LogP contribution in [0.2, 0.25) is 0 Å². The van der Waals surface area contributed by atoms with E-state index in [1.54, 1.807) is 6.07 Å². The average molecular weight is 238 g/mol. The van der Waals surface area contributed by atoms with Crippen molar-refractivity contribution in [3.63, 3.8) is 0 Å². The van der Waals surface area contributed by atoms with E-state index in [0.29, 0.717) is 18.5 Å². The first kappa shape index (κ1) is 12.3. The summed E-state index contributed by atoms with van der Waals surface area (Å²) in [4.78, 5) is 3.86. The lowest BCUT2D eigenvalue weighted by atomic mass is 9.95. The fourth-order valence-electron chi connectivity index (χ4n) is 2.06. The van der Waals surface area contributed by atoms with Gasteiger partial charge in [0.2, 0.25) is 5.88 Å². The van der Waals surface area contributed by atoms with Crippen molar-refractivity contribution >= 4 is 0 Å². The summed E-state index contributed by atoms with van der Waals surface area (Å²) >= 11 is 0. The van der Waals surface area contributed by atoms with Gasteiger partial charge in [-0.1, -0.05) is 6.92 Å². The van der Waals surface area contributed by atoms with E-state index < -0.39 is 0 Å². The van der Waals surface area contributed by atoms with Crippen LogP contribution in [0.3, 0.4) is 0 Å². The SMILES string of the molecule is C[C@H]1CC[C@@H](CCOc2ccc(F)cn2)NC1. The molecule has 0 unspecified atom stereocenters. The van der Waals surface area contributed by atoms with Gasteiger partial charge < -0.3 is 10.1 Å². The van der Waals surface area contributed by atoms with Crippen molar-refractivity contribution in [1.82, 2.24) is 10.3 Å². The molecule has 2 heterocycles. The van der Waals surface area contributed by atoms with Gasteiger partial charge in [0.05, 0.1) is 12.8 Å². The minimum absolute atomic E-state index is 0.333. The molecule has 1 aliphatic rings. The second-order valence-electron chi connectivity index (χ2n) is 4.74. The highest BCUT2D eigenvalue weighted by Crippen LogP contribution is 2.15. The lowest BCUT2D eigenvalue weighted by Crippen LogP contribution is -2.38. The Morgan fingerprint density at radius 2 is 2.35 bits per heavy atom. The van der Waals surface area contributed by atoms with Gasteiger partial charge in [-0.15, -0.1) is 0 Å². The van der Waals surface area contributed by atoms with Gasteiger partial charge >= 0.3 is 0 Å². The molecule has 1 aliphatic heterocycles. The quantitative estimate of drug-likeness (QED) is 0.874. The second kappa shape index (κ2) is 5.96.